The average Bonchev–Trinajstić information content (AvgIpc) is 3.09. The van der Waals surface area contributed by atoms with Crippen molar-refractivity contribution in [2.75, 3.05) is 44.2 Å². The highest BCUT2D eigenvalue weighted by Gasteiger charge is 2.34. The predicted octanol–water partition coefficient (Wildman–Crippen LogP) is 2.51. The highest BCUT2D eigenvalue weighted by Crippen LogP contribution is 2.42. The highest BCUT2D eigenvalue weighted by atomic mass is 35.5. The Balaban J connectivity index is 1.43. The molecule has 0 unspecified atom stereocenters. The van der Waals surface area contributed by atoms with E-state index in [2.05, 4.69) is 21.8 Å². The minimum atomic E-state index is -0.547. The van der Waals surface area contributed by atoms with Gasteiger partial charge in [0.05, 0.1) is 16.8 Å². The molecule has 1 aromatic carbocycles. The van der Waals surface area contributed by atoms with Crippen LogP contribution in [-0.2, 0) is 6.54 Å². The van der Waals surface area contributed by atoms with Crippen LogP contribution in [0.15, 0.2) is 24.5 Å². The third-order valence-electron chi connectivity index (χ3n) is 6.16. The van der Waals surface area contributed by atoms with E-state index in [1.54, 1.807) is 15.9 Å². The normalized spacial score (nSPS) is 20.4. The standard InChI is InChI=1S/C22H28ClFN6O2/c1-14-10-18(31)20-19(14)21(27-13-26-20)28-6-8-29(9-7-28)22(32)30(5-4-25)12-15-2-3-17(24)16(23)11-15/h2-3,11,13-14,18,31H,4-10,12,25H2,1H3/t14-,18-/m1/s1. The predicted molar refractivity (Wildman–Crippen MR) is 120 cm³/mol. The first-order valence-corrected chi connectivity index (χ1v) is 11.2. The van der Waals surface area contributed by atoms with Gasteiger partial charge in [-0.25, -0.2) is 19.2 Å². The number of aromatic nitrogens is 2. The van der Waals surface area contributed by atoms with Gasteiger partial charge in [-0.15, -0.1) is 0 Å². The maximum atomic E-state index is 13.5. The molecule has 2 heterocycles. The third kappa shape index (κ3) is 4.51. The summed E-state index contributed by atoms with van der Waals surface area (Å²) >= 11 is 5.89. The number of hydrogen-bond acceptors (Lipinski definition) is 6. The summed E-state index contributed by atoms with van der Waals surface area (Å²) in [6.07, 6.45) is 1.61. The number of hydrogen-bond donors (Lipinski definition) is 2. The van der Waals surface area contributed by atoms with Crippen LogP contribution < -0.4 is 10.6 Å². The Hall–Kier alpha value is -2.49. The van der Waals surface area contributed by atoms with E-state index in [1.165, 1.54) is 18.5 Å². The topological polar surface area (TPSA) is 98.8 Å². The summed E-state index contributed by atoms with van der Waals surface area (Å²) in [6.45, 7) is 5.46. The van der Waals surface area contributed by atoms with E-state index in [-0.39, 0.29) is 17.0 Å². The van der Waals surface area contributed by atoms with Crippen LogP contribution >= 0.6 is 11.6 Å². The molecule has 172 valence electrons. The Morgan fingerprint density at radius 2 is 2.06 bits per heavy atom. The van der Waals surface area contributed by atoms with Crippen LogP contribution in [0.1, 0.15) is 42.2 Å². The fraction of sp³-hybridized carbons (Fsp3) is 0.500. The van der Waals surface area contributed by atoms with Crippen molar-refractivity contribution in [3.8, 4) is 0 Å². The third-order valence-corrected chi connectivity index (χ3v) is 6.45. The molecule has 0 radical (unpaired) electrons. The van der Waals surface area contributed by atoms with Crippen LogP contribution in [0.4, 0.5) is 15.0 Å². The second kappa shape index (κ2) is 9.56. The molecule has 1 aromatic heterocycles. The first-order valence-electron chi connectivity index (χ1n) is 10.8. The summed E-state index contributed by atoms with van der Waals surface area (Å²) in [5.41, 5.74) is 8.22. The molecular formula is C22H28ClFN6O2. The monoisotopic (exact) mass is 462 g/mol. The molecule has 2 atom stereocenters. The maximum Gasteiger partial charge on any atom is 0.320 e. The Bertz CT molecular complexity index is 985. The summed E-state index contributed by atoms with van der Waals surface area (Å²) in [5, 5.41) is 10.3. The minimum Gasteiger partial charge on any atom is -0.387 e. The Kier molecular flexibility index (Phi) is 6.78. The van der Waals surface area contributed by atoms with Gasteiger partial charge in [0.1, 0.15) is 18.0 Å². The van der Waals surface area contributed by atoms with Crippen molar-refractivity contribution in [2.24, 2.45) is 5.73 Å². The van der Waals surface area contributed by atoms with Gasteiger partial charge in [0.2, 0.25) is 0 Å². The number of urea groups is 1. The van der Waals surface area contributed by atoms with Crippen molar-refractivity contribution in [1.82, 2.24) is 19.8 Å². The molecule has 4 rings (SSSR count). The van der Waals surface area contributed by atoms with Crippen molar-refractivity contribution in [1.29, 1.82) is 0 Å². The number of nitrogens with zero attached hydrogens (tertiary/aromatic N) is 5. The van der Waals surface area contributed by atoms with E-state index in [4.69, 9.17) is 17.3 Å². The number of nitrogens with two attached hydrogens (primary N) is 1. The number of rotatable bonds is 5. The summed E-state index contributed by atoms with van der Waals surface area (Å²) in [5.74, 6) is 0.561. The number of amides is 2. The van der Waals surface area contributed by atoms with E-state index in [9.17, 15) is 14.3 Å². The molecule has 2 aromatic rings. The molecule has 1 aliphatic heterocycles. The molecule has 0 bridgehead atoms. The van der Waals surface area contributed by atoms with Gasteiger partial charge in [-0.1, -0.05) is 24.6 Å². The molecule has 3 N–H and O–H groups in total. The van der Waals surface area contributed by atoms with E-state index in [0.29, 0.717) is 57.9 Å². The number of aliphatic hydroxyl groups excluding tert-OH is 1. The van der Waals surface area contributed by atoms with Crippen molar-refractivity contribution in [3.63, 3.8) is 0 Å². The molecule has 32 heavy (non-hydrogen) atoms. The van der Waals surface area contributed by atoms with Crippen LogP contribution in [0, 0.1) is 5.82 Å². The number of fused-ring (bicyclic) bond motifs is 1. The minimum absolute atomic E-state index is 0.0352. The number of carbonyl (C=O) groups is 1. The van der Waals surface area contributed by atoms with Gasteiger partial charge in [-0.3, -0.25) is 0 Å². The molecule has 2 aliphatic rings. The number of carbonyl (C=O) groups excluding carboxylic acids is 1. The van der Waals surface area contributed by atoms with Crippen LogP contribution in [0.2, 0.25) is 5.02 Å². The van der Waals surface area contributed by atoms with E-state index >= 15 is 0 Å². The maximum absolute atomic E-state index is 13.5. The molecule has 8 nitrogen and oxygen atoms in total. The molecule has 2 amide bonds. The first-order chi connectivity index (χ1) is 15.4. The quantitative estimate of drug-likeness (QED) is 0.708. The summed E-state index contributed by atoms with van der Waals surface area (Å²) in [7, 11) is 0. The Morgan fingerprint density at radius 3 is 2.75 bits per heavy atom. The molecule has 0 saturated carbocycles. The number of benzene rings is 1. The first kappa shape index (κ1) is 22.7. The van der Waals surface area contributed by atoms with Gasteiger partial charge in [0, 0.05) is 51.4 Å². The zero-order valence-electron chi connectivity index (χ0n) is 18.0. The van der Waals surface area contributed by atoms with Crippen LogP contribution in [0.3, 0.4) is 0 Å². The number of anilines is 1. The summed E-state index contributed by atoms with van der Waals surface area (Å²) < 4.78 is 13.5. The smallest absolute Gasteiger partial charge is 0.320 e. The molecule has 10 heteroatoms. The zero-order chi connectivity index (χ0) is 22.8. The number of halogens is 2. The van der Waals surface area contributed by atoms with Gasteiger partial charge in [0.15, 0.2) is 0 Å². The second-order valence-corrected chi connectivity index (χ2v) is 8.77. The summed E-state index contributed by atoms with van der Waals surface area (Å²) in [4.78, 5) is 27.6. The van der Waals surface area contributed by atoms with Crippen LogP contribution in [-0.4, -0.2) is 70.2 Å². The fourth-order valence-corrected chi connectivity index (χ4v) is 4.72. The zero-order valence-corrected chi connectivity index (χ0v) is 18.8. The lowest BCUT2D eigenvalue weighted by atomic mass is 10.1. The lowest BCUT2D eigenvalue weighted by molar-refractivity contribution is 0.148. The van der Waals surface area contributed by atoms with Crippen molar-refractivity contribution >= 4 is 23.4 Å². The Labute approximate surface area is 191 Å². The van der Waals surface area contributed by atoms with Gasteiger partial charge in [0.25, 0.3) is 0 Å². The van der Waals surface area contributed by atoms with E-state index < -0.39 is 11.9 Å². The molecular weight excluding hydrogens is 435 g/mol. The van der Waals surface area contributed by atoms with Crippen molar-refractivity contribution in [2.45, 2.75) is 31.9 Å². The number of piperazine rings is 1. The highest BCUT2D eigenvalue weighted by molar-refractivity contribution is 6.30. The van der Waals surface area contributed by atoms with E-state index in [0.717, 1.165) is 16.9 Å². The molecule has 1 aliphatic carbocycles. The van der Waals surface area contributed by atoms with Crippen LogP contribution in [0.25, 0.3) is 0 Å². The molecule has 1 saturated heterocycles. The number of aliphatic hydroxyl groups is 1. The fourth-order valence-electron chi connectivity index (χ4n) is 4.52. The van der Waals surface area contributed by atoms with Crippen molar-refractivity contribution in [3.05, 3.63) is 52.2 Å². The average molecular weight is 463 g/mol. The van der Waals surface area contributed by atoms with Crippen LogP contribution in [0.5, 0.6) is 0 Å². The molecule has 0 spiro atoms. The van der Waals surface area contributed by atoms with Gasteiger partial charge in [-0.2, -0.15) is 0 Å². The lowest BCUT2D eigenvalue weighted by Gasteiger charge is -2.38. The lowest BCUT2D eigenvalue weighted by Crippen LogP contribution is -2.53. The molecule has 1 fully saturated rings. The SMILES string of the molecule is C[C@@H]1C[C@@H](O)c2ncnc(N3CCN(C(=O)N(CCN)Cc4ccc(F)c(Cl)c4)CC3)c21. The van der Waals surface area contributed by atoms with Gasteiger partial charge < -0.3 is 25.5 Å². The largest absolute Gasteiger partial charge is 0.387 e. The van der Waals surface area contributed by atoms with Crippen molar-refractivity contribution < 1.29 is 14.3 Å². The Morgan fingerprint density at radius 1 is 1.31 bits per heavy atom. The van der Waals surface area contributed by atoms with E-state index in [1.807, 2.05) is 0 Å². The van der Waals surface area contributed by atoms with Gasteiger partial charge in [-0.05, 0) is 30.0 Å². The second-order valence-electron chi connectivity index (χ2n) is 8.36. The van der Waals surface area contributed by atoms with Gasteiger partial charge >= 0.3 is 6.03 Å². The summed E-state index contributed by atoms with van der Waals surface area (Å²) in [6, 6.07) is 4.37.